The van der Waals surface area contributed by atoms with Gasteiger partial charge in [0.1, 0.15) is 23.3 Å². The maximum absolute atomic E-state index is 12.9. The third kappa shape index (κ3) is 5.41. The van der Waals surface area contributed by atoms with Gasteiger partial charge in [-0.15, -0.1) is 0 Å². The summed E-state index contributed by atoms with van der Waals surface area (Å²) in [4.78, 5) is 24.6. The average Bonchev–Trinajstić information content (AvgIpc) is 2.85. The number of ether oxygens (including phenoxy) is 3. The molecule has 1 heterocycles. The monoisotopic (exact) mass is 444 g/mol. The number of carbonyl (C=O) groups is 1. The second-order valence-corrected chi connectivity index (χ2v) is 7.58. The van der Waals surface area contributed by atoms with E-state index in [4.69, 9.17) is 18.6 Å². The van der Waals surface area contributed by atoms with Crippen LogP contribution >= 0.6 is 0 Å². The number of esters is 1. The number of rotatable bonds is 8. The molecule has 0 radical (unpaired) electrons. The van der Waals surface area contributed by atoms with Crippen molar-refractivity contribution >= 4 is 16.9 Å². The molecular weight excluding hydrogens is 420 g/mol. The molecule has 6 nitrogen and oxygen atoms in total. The maximum Gasteiger partial charge on any atom is 0.344 e. The lowest BCUT2D eigenvalue weighted by Gasteiger charge is -2.11. The van der Waals surface area contributed by atoms with Crippen LogP contribution in [0, 0.1) is 0 Å². The molecule has 0 saturated heterocycles. The summed E-state index contributed by atoms with van der Waals surface area (Å²) in [6.07, 6.45) is 1.84. The summed E-state index contributed by atoms with van der Waals surface area (Å²) in [5, 5.41) is 0.350. The fourth-order valence-electron chi connectivity index (χ4n) is 3.21. The Morgan fingerprint density at radius 2 is 1.64 bits per heavy atom. The minimum absolute atomic E-state index is 0.0840. The smallest absolute Gasteiger partial charge is 0.344 e. The highest BCUT2D eigenvalue weighted by Crippen LogP contribution is 2.26. The third-order valence-electron chi connectivity index (χ3n) is 5.17. The molecule has 0 aliphatic carbocycles. The van der Waals surface area contributed by atoms with Crippen molar-refractivity contribution < 1.29 is 23.4 Å². The zero-order valence-electron chi connectivity index (χ0n) is 18.4. The van der Waals surface area contributed by atoms with Gasteiger partial charge in [0.05, 0.1) is 11.5 Å². The Hall–Kier alpha value is -4.06. The van der Waals surface area contributed by atoms with Gasteiger partial charge in [0, 0.05) is 6.07 Å². The molecule has 3 aromatic carbocycles. The van der Waals surface area contributed by atoms with Crippen molar-refractivity contribution in [1.82, 2.24) is 0 Å². The van der Waals surface area contributed by atoms with Crippen LogP contribution in [-0.2, 0) is 9.53 Å². The average molecular weight is 444 g/mol. The van der Waals surface area contributed by atoms with E-state index in [2.05, 4.69) is 0 Å². The molecule has 0 spiro atoms. The van der Waals surface area contributed by atoms with E-state index in [9.17, 15) is 9.59 Å². The number of benzene rings is 3. The Morgan fingerprint density at radius 1 is 0.939 bits per heavy atom. The Labute approximate surface area is 191 Å². The van der Waals surface area contributed by atoms with E-state index in [0.717, 1.165) is 17.5 Å². The molecule has 1 aromatic heterocycles. The number of fused-ring (bicyclic) bond motifs is 1. The van der Waals surface area contributed by atoms with E-state index in [-0.39, 0.29) is 23.9 Å². The van der Waals surface area contributed by atoms with Gasteiger partial charge in [-0.1, -0.05) is 49.4 Å². The van der Waals surface area contributed by atoms with Crippen molar-refractivity contribution in [2.45, 2.75) is 26.4 Å². The van der Waals surface area contributed by atoms with Gasteiger partial charge in [-0.2, -0.15) is 0 Å². The van der Waals surface area contributed by atoms with E-state index >= 15 is 0 Å². The van der Waals surface area contributed by atoms with Crippen LogP contribution in [0.1, 0.15) is 20.3 Å². The van der Waals surface area contributed by atoms with Gasteiger partial charge < -0.3 is 18.6 Å². The molecule has 0 amide bonds. The summed E-state index contributed by atoms with van der Waals surface area (Å²) in [7, 11) is 0. The Morgan fingerprint density at radius 3 is 2.36 bits per heavy atom. The molecular formula is C27H24O6. The topological polar surface area (TPSA) is 75.0 Å². The van der Waals surface area contributed by atoms with Crippen LogP contribution in [0.4, 0.5) is 0 Å². The first-order chi connectivity index (χ1) is 16.0. The first-order valence-corrected chi connectivity index (χ1v) is 10.7. The van der Waals surface area contributed by atoms with E-state index in [1.54, 1.807) is 30.3 Å². The molecule has 33 heavy (non-hydrogen) atoms. The maximum atomic E-state index is 12.9. The molecule has 0 aliphatic heterocycles. The second kappa shape index (κ2) is 10.0. The second-order valence-electron chi connectivity index (χ2n) is 7.58. The first kappa shape index (κ1) is 22.1. The minimum Gasteiger partial charge on any atom is -0.482 e. The van der Waals surface area contributed by atoms with Crippen LogP contribution in [0.5, 0.6) is 17.2 Å². The highest BCUT2D eigenvalue weighted by Gasteiger charge is 2.12. The minimum atomic E-state index is -0.451. The van der Waals surface area contributed by atoms with Crippen LogP contribution in [0.25, 0.3) is 22.1 Å². The Bertz CT molecular complexity index is 1290. The molecule has 168 valence electrons. The summed E-state index contributed by atoms with van der Waals surface area (Å²) in [5.41, 5.74) is 2.18. The fraction of sp³-hybridized carbons (Fsp3) is 0.185. The summed E-state index contributed by atoms with van der Waals surface area (Å²) in [6.45, 7) is 3.53. The van der Waals surface area contributed by atoms with Gasteiger partial charge in [-0.05, 0) is 48.7 Å². The summed E-state index contributed by atoms with van der Waals surface area (Å²) in [5.74, 6) is 0.562. The van der Waals surface area contributed by atoms with E-state index in [1.807, 2.05) is 56.3 Å². The Kier molecular flexibility index (Phi) is 6.74. The van der Waals surface area contributed by atoms with E-state index < -0.39 is 5.97 Å². The summed E-state index contributed by atoms with van der Waals surface area (Å²) in [6, 6.07) is 22.2. The normalized spacial score (nSPS) is 11.7. The first-order valence-electron chi connectivity index (χ1n) is 10.7. The Balaban J connectivity index is 1.46. The predicted octanol–water partition coefficient (Wildman–Crippen LogP) is 5.97. The molecule has 6 heteroatoms. The van der Waals surface area contributed by atoms with Crippen LogP contribution in [0.15, 0.2) is 88.3 Å². The van der Waals surface area contributed by atoms with Crippen molar-refractivity contribution in [3.8, 4) is 28.4 Å². The number of carbonyl (C=O) groups excluding carboxylic acids is 1. The van der Waals surface area contributed by atoms with Crippen LogP contribution in [0.2, 0.25) is 0 Å². The molecule has 4 rings (SSSR count). The molecule has 4 aromatic rings. The van der Waals surface area contributed by atoms with Gasteiger partial charge in [0.15, 0.2) is 6.61 Å². The number of hydrogen-bond donors (Lipinski definition) is 0. The standard InChI is InChI=1S/C27H24O6/c1-3-18(2)32-26(28)17-30-22-13-14-23-24(15-22)31-16-25(27(23)29)33-21-11-9-20(10-12-21)19-7-5-4-6-8-19/h4-16,18H,3,17H2,1-2H3. The van der Waals surface area contributed by atoms with Crippen LogP contribution in [-0.4, -0.2) is 18.7 Å². The fourth-order valence-corrected chi connectivity index (χ4v) is 3.21. The lowest BCUT2D eigenvalue weighted by molar-refractivity contribution is -0.150. The third-order valence-corrected chi connectivity index (χ3v) is 5.17. The quantitative estimate of drug-likeness (QED) is 0.312. The van der Waals surface area contributed by atoms with Crippen molar-refractivity contribution in [2.24, 2.45) is 0 Å². The highest BCUT2D eigenvalue weighted by molar-refractivity contribution is 5.79. The zero-order valence-corrected chi connectivity index (χ0v) is 18.4. The molecule has 0 saturated carbocycles. The van der Waals surface area contributed by atoms with Crippen LogP contribution < -0.4 is 14.9 Å². The largest absolute Gasteiger partial charge is 0.482 e. The van der Waals surface area contributed by atoms with Gasteiger partial charge in [0.2, 0.25) is 11.2 Å². The van der Waals surface area contributed by atoms with Crippen molar-refractivity contribution in [1.29, 1.82) is 0 Å². The lowest BCUT2D eigenvalue weighted by Crippen LogP contribution is -2.20. The van der Waals surface area contributed by atoms with E-state index in [1.165, 1.54) is 6.26 Å². The van der Waals surface area contributed by atoms with Crippen molar-refractivity contribution in [3.05, 3.63) is 89.3 Å². The van der Waals surface area contributed by atoms with E-state index in [0.29, 0.717) is 22.5 Å². The van der Waals surface area contributed by atoms with Gasteiger partial charge in [0.25, 0.3) is 0 Å². The number of hydrogen-bond acceptors (Lipinski definition) is 6. The zero-order chi connectivity index (χ0) is 23.2. The molecule has 0 fully saturated rings. The SMILES string of the molecule is CCC(C)OC(=O)COc1ccc2c(=O)c(Oc3ccc(-c4ccccc4)cc3)coc2c1. The van der Waals surface area contributed by atoms with Gasteiger partial charge in [-0.3, -0.25) is 4.79 Å². The lowest BCUT2D eigenvalue weighted by atomic mass is 10.1. The molecule has 1 atom stereocenters. The van der Waals surface area contributed by atoms with Crippen LogP contribution in [0.3, 0.4) is 0 Å². The summed E-state index contributed by atoms with van der Waals surface area (Å²) < 4.78 is 22.0. The molecule has 0 bridgehead atoms. The molecule has 0 N–H and O–H groups in total. The summed E-state index contributed by atoms with van der Waals surface area (Å²) >= 11 is 0. The molecule has 1 unspecified atom stereocenters. The van der Waals surface area contributed by atoms with Crippen molar-refractivity contribution in [3.63, 3.8) is 0 Å². The highest BCUT2D eigenvalue weighted by atomic mass is 16.6. The van der Waals surface area contributed by atoms with Crippen molar-refractivity contribution in [2.75, 3.05) is 6.61 Å². The predicted molar refractivity (Wildman–Crippen MR) is 126 cm³/mol. The van der Waals surface area contributed by atoms with Gasteiger partial charge in [-0.25, -0.2) is 4.79 Å². The van der Waals surface area contributed by atoms with Gasteiger partial charge >= 0.3 is 5.97 Å². The molecule has 0 aliphatic rings.